The molecule has 0 saturated carbocycles. The number of rotatable bonds is 4. The molecule has 0 radical (unpaired) electrons. The third-order valence-corrected chi connectivity index (χ3v) is 3.32. The lowest BCUT2D eigenvalue weighted by Gasteiger charge is -2.12. The van der Waals surface area contributed by atoms with Crippen molar-refractivity contribution in [3.05, 3.63) is 57.6 Å². The van der Waals surface area contributed by atoms with E-state index in [1.807, 2.05) is 0 Å². The van der Waals surface area contributed by atoms with Crippen LogP contribution in [0.25, 0.3) is 0 Å². The molecule has 2 aromatic rings. The van der Waals surface area contributed by atoms with Crippen molar-refractivity contribution in [2.45, 2.75) is 6.54 Å². The average molecular weight is 318 g/mol. The summed E-state index contributed by atoms with van der Waals surface area (Å²) < 4.78 is 31.9. The van der Waals surface area contributed by atoms with Crippen LogP contribution in [0.1, 0.15) is 5.56 Å². The Morgan fingerprint density at radius 1 is 1.15 bits per heavy atom. The number of anilines is 1. The van der Waals surface area contributed by atoms with Gasteiger partial charge in [0.05, 0.1) is 22.8 Å². The van der Waals surface area contributed by atoms with Crippen molar-refractivity contribution in [2.75, 3.05) is 12.4 Å². The number of methoxy groups -OCH3 is 1. The Morgan fingerprint density at radius 2 is 1.80 bits per heavy atom. The van der Waals surface area contributed by atoms with Crippen molar-refractivity contribution in [1.82, 2.24) is 0 Å². The molecule has 2 rings (SSSR count). The zero-order valence-electron chi connectivity index (χ0n) is 10.5. The lowest BCUT2D eigenvalue weighted by atomic mass is 10.2. The maximum atomic E-state index is 13.9. The van der Waals surface area contributed by atoms with Gasteiger partial charge in [0.25, 0.3) is 0 Å². The topological polar surface area (TPSA) is 21.3 Å². The summed E-state index contributed by atoms with van der Waals surface area (Å²) in [6, 6.07) is 7.08. The van der Waals surface area contributed by atoms with Gasteiger partial charge in [-0.1, -0.05) is 35.3 Å². The number of hydrogen-bond acceptors (Lipinski definition) is 2. The molecule has 0 unspecified atom stereocenters. The predicted molar refractivity (Wildman–Crippen MR) is 76.7 cm³/mol. The van der Waals surface area contributed by atoms with Crippen molar-refractivity contribution in [3.8, 4) is 5.75 Å². The van der Waals surface area contributed by atoms with E-state index >= 15 is 0 Å². The molecule has 0 amide bonds. The van der Waals surface area contributed by atoms with Gasteiger partial charge in [-0.2, -0.15) is 0 Å². The monoisotopic (exact) mass is 317 g/mol. The summed E-state index contributed by atoms with van der Waals surface area (Å²) in [5.74, 6) is -0.837. The molecular formula is C14H11Cl2F2NO. The summed E-state index contributed by atoms with van der Waals surface area (Å²) in [5.41, 5.74) is 0.748. The van der Waals surface area contributed by atoms with Crippen LogP contribution in [-0.4, -0.2) is 7.11 Å². The number of halogens is 4. The normalized spacial score (nSPS) is 10.4. The molecule has 0 bridgehead atoms. The minimum absolute atomic E-state index is 0.137. The minimum Gasteiger partial charge on any atom is -0.494 e. The molecule has 0 heterocycles. The lowest BCUT2D eigenvalue weighted by molar-refractivity contribution is 0.384. The third-order valence-electron chi connectivity index (χ3n) is 2.73. The Kier molecular flexibility index (Phi) is 4.68. The van der Waals surface area contributed by atoms with Crippen LogP contribution in [-0.2, 0) is 6.54 Å². The molecule has 0 aliphatic rings. The maximum Gasteiger partial charge on any atom is 0.170 e. The molecular weight excluding hydrogens is 307 g/mol. The number of benzene rings is 2. The minimum atomic E-state index is -0.530. The van der Waals surface area contributed by atoms with Gasteiger partial charge in [-0.25, -0.2) is 8.78 Å². The first-order valence-corrected chi connectivity index (χ1v) is 6.48. The Labute approximate surface area is 125 Å². The maximum absolute atomic E-state index is 13.9. The van der Waals surface area contributed by atoms with Crippen LogP contribution >= 0.6 is 23.2 Å². The standard InChI is InChI=1S/C14H11Cl2F2NO/c1-20-12-4-2-3-8(13(12)18)7-19-14-10(15)5-9(17)6-11(14)16/h2-6,19H,7H2,1H3. The Bertz CT molecular complexity index is 612. The molecule has 2 aromatic carbocycles. The smallest absolute Gasteiger partial charge is 0.170 e. The molecule has 0 aromatic heterocycles. The van der Waals surface area contributed by atoms with Crippen LogP contribution in [0.5, 0.6) is 5.75 Å². The van der Waals surface area contributed by atoms with E-state index in [1.54, 1.807) is 12.1 Å². The van der Waals surface area contributed by atoms with E-state index < -0.39 is 11.6 Å². The van der Waals surface area contributed by atoms with Crippen LogP contribution in [0, 0.1) is 11.6 Å². The Morgan fingerprint density at radius 3 is 2.40 bits per heavy atom. The van der Waals surface area contributed by atoms with Gasteiger partial charge in [-0.3, -0.25) is 0 Å². The first kappa shape index (κ1) is 14.9. The average Bonchev–Trinajstić information content (AvgIpc) is 2.39. The number of nitrogens with one attached hydrogen (secondary N) is 1. The molecule has 0 aliphatic heterocycles. The van der Waals surface area contributed by atoms with Gasteiger partial charge in [0.15, 0.2) is 11.6 Å². The van der Waals surface area contributed by atoms with E-state index in [4.69, 9.17) is 27.9 Å². The summed E-state index contributed by atoms with van der Waals surface area (Å²) in [5, 5.41) is 3.17. The van der Waals surface area contributed by atoms with Crippen LogP contribution in [0.3, 0.4) is 0 Å². The van der Waals surface area contributed by atoms with Gasteiger partial charge in [0, 0.05) is 12.1 Å². The van der Waals surface area contributed by atoms with Crippen LogP contribution in [0.2, 0.25) is 10.0 Å². The van der Waals surface area contributed by atoms with Crippen molar-refractivity contribution in [3.63, 3.8) is 0 Å². The summed E-state index contributed by atoms with van der Waals surface area (Å²) >= 11 is 11.8. The molecule has 106 valence electrons. The Balaban J connectivity index is 2.21. The molecule has 20 heavy (non-hydrogen) atoms. The molecule has 0 atom stereocenters. The number of ether oxygens (including phenoxy) is 1. The summed E-state index contributed by atoms with van der Waals surface area (Å²) in [7, 11) is 1.39. The number of hydrogen-bond donors (Lipinski definition) is 1. The molecule has 0 saturated heterocycles. The van der Waals surface area contributed by atoms with E-state index in [-0.39, 0.29) is 22.3 Å². The zero-order chi connectivity index (χ0) is 14.7. The van der Waals surface area contributed by atoms with Gasteiger partial charge < -0.3 is 10.1 Å². The largest absolute Gasteiger partial charge is 0.494 e. The van der Waals surface area contributed by atoms with Crippen molar-refractivity contribution in [2.24, 2.45) is 0 Å². The second kappa shape index (κ2) is 6.29. The molecule has 0 fully saturated rings. The van der Waals surface area contributed by atoms with E-state index in [2.05, 4.69) is 5.32 Å². The fourth-order valence-electron chi connectivity index (χ4n) is 1.75. The highest BCUT2D eigenvalue weighted by Gasteiger charge is 2.11. The van der Waals surface area contributed by atoms with Crippen molar-refractivity contribution < 1.29 is 13.5 Å². The van der Waals surface area contributed by atoms with Gasteiger partial charge in [-0.05, 0) is 18.2 Å². The fraction of sp³-hybridized carbons (Fsp3) is 0.143. The third kappa shape index (κ3) is 3.14. The van der Waals surface area contributed by atoms with E-state index in [9.17, 15) is 8.78 Å². The first-order valence-electron chi connectivity index (χ1n) is 5.72. The first-order chi connectivity index (χ1) is 9.52. The quantitative estimate of drug-likeness (QED) is 0.866. The summed E-state index contributed by atoms with van der Waals surface area (Å²) in [6.07, 6.45) is 0. The predicted octanol–water partition coefficient (Wildman–Crippen LogP) is 4.89. The lowest BCUT2D eigenvalue weighted by Crippen LogP contribution is -2.04. The van der Waals surface area contributed by atoms with Crippen molar-refractivity contribution >= 4 is 28.9 Å². The summed E-state index contributed by atoms with van der Waals surface area (Å²) in [6.45, 7) is 0.147. The molecule has 1 N–H and O–H groups in total. The highest BCUT2D eigenvalue weighted by atomic mass is 35.5. The second-order valence-electron chi connectivity index (χ2n) is 4.03. The zero-order valence-corrected chi connectivity index (χ0v) is 12.0. The Hall–Kier alpha value is -1.52. The van der Waals surface area contributed by atoms with Gasteiger partial charge >= 0.3 is 0 Å². The highest BCUT2D eigenvalue weighted by Crippen LogP contribution is 2.32. The van der Waals surface area contributed by atoms with Crippen LogP contribution in [0.15, 0.2) is 30.3 Å². The molecule has 6 heteroatoms. The van der Waals surface area contributed by atoms with Crippen molar-refractivity contribution in [1.29, 1.82) is 0 Å². The van der Waals surface area contributed by atoms with Gasteiger partial charge in [0.1, 0.15) is 5.82 Å². The highest BCUT2D eigenvalue weighted by molar-refractivity contribution is 6.39. The van der Waals surface area contributed by atoms with E-state index in [0.29, 0.717) is 11.3 Å². The molecule has 0 aliphatic carbocycles. The van der Waals surface area contributed by atoms with Gasteiger partial charge in [0.2, 0.25) is 0 Å². The second-order valence-corrected chi connectivity index (χ2v) is 4.85. The van der Waals surface area contributed by atoms with Gasteiger partial charge in [-0.15, -0.1) is 0 Å². The fourth-order valence-corrected chi connectivity index (χ4v) is 2.34. The van der Waals surface area contributed by atoms with E-state index in [0.717, 1.165) is 12.1 Å². The van der Waals surface area contributed by atoms with Crippen LogP contribution in [0.4, 0.5) is 14.5 Å². The molecule has 2 nitrogen and oxygen atoms in total. The van der Waals surface area contributed by atoms with Crippen LogP contribution < -0.4 is 10.1 Å². The SMILES string of the molecule is COc1cccc(CNc2c(Cl)cc(F)cc2Cl)c1F. The summed E-state index contributed by atoms with van der Waals surface area (Å²) in [4.78, 5) is 0. The van der Waals surface area contributed by atoms with E-state index in [1.165, 1.54) is 13.2 Å². The molecule has 0 spiro atoms.